The molecule has 1 aromatic carbocycles. The van der Waals surface area contributed by atoms with Crippen molar-refractivity contribution in [3.63, 3.8) is 0 Å². The lowest BCUT2D eigenvalue weighted by Crippen LogP contribution is -2.60. The third kappa shape index (κ3) is 2.82. The summed E-state index contributed by atoms with van der Waals surface area (Å²) < 4.78 is 14.6. The number of carbonyl (C=O) groups is 1. The summed E-state index contributed by atoms with van der Waals surface area (Å²) in [6.07, 6.45) is 5.52. The van der Waals surface area contributed by atoms with E-state index >= 15 is 0 Å². The van der Waals surface area contributed by atoms with Crippen molar-refractivity contribution in [3.05, 3.63) is 42.5 Å². The standard InChI is InChI=1S/C18H21FN4O/c1-12-7-14-5-6-22(12)11-17(14)21-18(24)23-10-15(9-20-23)13-3-2-4-16(19)8-13/h2-4,8-10,12,14,17H,5-7,11H2,1H3,(H,21,24)/t12?,14?,17-/m0/s1. The van der Waals surface area contributed by atoms with Gasteiger partial charge < -0.3 is 5.32 Å². The van der Waals surface area contributed by atoms with E-state index in [1.807, 2.05) is 0 Å². The number of halogens is 1. The zero-order chi connectivity index (χ0) is 16.7. The van der Waals surface area contributed by atoms with Gasteiger partial charge in [-0.2, -0.15) is 9.78 Å². The predicted molar refractivity (Wildman–Crippen MR) is 89.1 cm³/mol. The van der Waals surface area contributed by atoms with Crippen LogP contribution in [0.4, 0.5) is 9.18 Å². The quantitative estimate of drug-likeness (QED) is 0.922. The van der Waals surface area contributed by atoms with E-state index in [0.29, 0.717) is 17.5 Å². The molecule has 0 saturated carbocycles. The van der Waals surface area contributed by atoms with Crippen LogP contribution < -0.4 is 5.32 Å². The molecule has 1 aromatic heterocycles. The molecule has 2 aromatic rings. The van der Waals surface area contributed by atoms with Crippen LogP contribution in [-0.4, -0.2) is 45.9 Å². The van der Waals surface area contributed by atoms with E-state index in [1.54, 1.807) is 24.5 Å². The number of rotatable bonds is 2. The smallest absolute Gasteiger partial charge is 0.332 e. The molecule has 6 heteroatoms. The van der Waals surface area contributed by atoms with Crippen molar-refractivity contribution in [1.82, 2.24) is 20.0 Å². The molecule has 2 bridgehead atoms. The zero-order valence-corrected chi connectivity index (χ0v) is 13.7. The van der Waals surface area contributed by atoms with Gasteiger partial charge in [0.05, 0.1) is 6.20 Å². The lowest BCUT2D eigenvalue weighted by Gasteiger charge is -2.48. The lowest BCUT2D eigenvalue weighted by atomic mass is 9.80. The fraction of sp³-hybridized carbons (Fsp3) is 0.444. The number of piperidine rings is 3. The molecule has 4 heterocycles. The van der Waals surface area contributed by atoms with Crippen LogP contribution in [0.2, 0.25) is 0 Å². The summed E-state index contributed by atoms with van der Waals surface area (Å²) in [5.74, 6) is 0.248. The highest BCUT2D eigenvalue weighted by atomic mass is 19.1. The summed E-state index contributed by atoms with van der Waals surface area (Å²) in [7, 11) is 0. The van der Waals surface area contributed by atoms with E-state index in [-0.39, 0.29) is 17.9 Å². The largest absolute Gasteiger partial charge is 0.342 e. The number of hydrogen-bond acceptors (Lipinski definition) is 3. The fourth-order valence-corrected chi connectivity index (χ4v) is 3.93. The maximum Gasteiger partial charge on any atom is 0.342 e. The highest BCUT2D eigenvalue weighted by Crippen LogP contribution is 2.32. The van der Waals surface area contributed by atoms with Crippen molar-refractivity contribution in [3.8, 4) is 11.1 Å². The predicted octanol–water partition coefficient (Wildman–Crippen LogP) is 2.73. The van der Waals surface area contributed by atoms with Crippen LogP contribution in [0.1, 0.15) is 19.8 Å². The topological polar surface area (TPSA) is 50.2 Å². The molecule has 0 spiro atoms. The minimum absolute atomic E-state index is 0.185. The summed E-state index contributed by atoms with van der Waals surface area (Å²) in [6, 6.07) is 6.87. The number of amides is 1. The molecule has 5 rings (SSSR count). The van der Waals surface area contributed by atoms with Crippen molar-refractivity contribution in [2.24, 2.45) is 5.92 Å². The van der Waals surface area contributed by atoms with Crippen molar-refractivity contribution >= 4 is 6.03 Å². The van der Waals surface area contributed by atoms with E-state index in [4.69, 9.17) is 0 Å². The molecule has 0 radical (unpaired) electrons. The second-order valence-electron chi connectivity index (χ2n) is 6.87. The van der Waals surface area contributed by atoms with Crippen LogP contribution in [0.25, 0.3) is 11.1 Å². The number of hydrogen-bond donors (Lipinski definition) is 1. The van der Waals surface area contributed by atoms with E-state index < -0.39 is 0 Å². The summed E-state index contributed by atoms with van der Waals surface area (Å²) in [4.78, 5) is 14.9. The van der Waals surface area contributed by atoms with Crippen LogP contribution in [0.3, 0.4) is 0 Å². The van der Waals surface area contributed by atoms with Crippen LogP contribution in [-0.2, 0) is 0 Å². The minimum atomic E-state index is -0.300. The van der Waals surface area contributed by atoms with Gasteiger partial charge in [-0.25, -0.2) is 9.18 Å². The molecule has 24 heavy (non-hydrogen) atoms. The summed E-state index contributed by atoms with van der Waals surface area (Å²) in [5.41, 5.74) is 1.44. The summed E-state index contributed by atoms with van der Waals surface area (Å²) in [5, 5.41) is 7.24. The lowest BCUT2D eigenvalue weighted by molar-refractivity contribution is 0.0321. The molecule has 3 aliphatic heterocycles. The Labute approximate surface area is 140 Å². The van der Waals surface area contributed by atoms with Gasteiger partial charge in [0.2, 0.25) is 0 Å². The third-order valence-corrected chi connectivity index (χ3v) is 5.31. The average molecular weight is 328 g/mol. The molecule has 126 valence electrons. The number of aromatic nitrogens is 2. The molecule has 3 aliphatic rings. The maximum atomic E-state index is 13.3. The number of nitrogens with zero attached hydrogens (tertiary/aromatic N) is 3. The van der Waals surface area contributed by atoms with Gasteiger partial charge in [-0.05, 0) is 49.9 Å². The molecule has 3 unspecified atom stereocenters. The van der Waals surface area contributed by atoms with Gasteiger partial charge in [0, 0.05) is 30.4 Å². The number of benzene rings is 1. The summed E-state index contributed by atoms with van der Waals surface area (Å²) in [6.45, 7) is 4.29. The third-order valence-electron chi connectivity index (χ3n) is 5.31. The van der Waals surface area contributed by atoms with Gasteiger partial charge in [-0.15, -0.1) is 0 Å². The molecule has 4 atom stereocenters. The van der Waals surface area contributed by atoms with Crippen molar-refractivity contribution < 1.29 is 9.18 Å². The highest BCUT2D eigenvalue weighted by Gasteiger charge is 2.38. The number of carbonyl (C=O) groups excluding carboxylic acids is 1. The average Bonchev–Trinajstić information content (AvgIpc) is 3.06. The number of fused-ring (bicyclic) bond motifs is 3. The fourth-order valence-electron chi connectivity index (χ4n) is 3.93. The molecule has 3 saturated heterocycles. The molecular formula is C18H21FN4O. The first kappa shape index (κ1) is 15.3. The Morgan fingerprint density at radius 3 is 2.96 bits per heavy atom. The molecule has 3 fully saturated rings. The van der Waals surface area contributed by atoms with E-state index in [1.165, 1.54) is 16.8 Å². The van der Waals surface area contributed by atoms with Gasteiger partial charge in [-0.3, -0.25) is 4.90 Å². The highest BCUT2D eigenvalue weighted by molar-refractivity contribution is 5.77. The summed E-state index contributed by atoms with van der Waals surface area (Å²) >= 11 is 0. The maximum absolute atomic E-state index is 13.3. The molecule has 5 nitrogen and oxygen atoms in total. The Morgan fingerprint density at radius 1 is 1.38 bits per heavy atom. The molecular weight excluding hydrogens is 307 g/mol. The Morgan fingerprint density at radius 2 is 2.25 bits per heavy atom. The van der Waals surface area contributed by atoms with Crippen LogP contribution >= 0.6 is 0 Å². The Hall–Kier alpha value is -2.21. The second-order valence-corrected chi connectivity index (χ2v) is 6.87. The minimum Gasteiger partial charge on any atom is -0.332 e. The normalized spacial score (nSPS) is 28.8. The van der Waals surface area contributed by atoms with Gasteiger partial charge in [0.15, 0.2) is 0 Å². The van der Waals surface area contributed by atoms with Crippen molar-refractivity contribution in [1.29, 1.82) is 0 Å². The van der Waals surface area contributed by atoms with Crippen LogP contribution in [0, 0.1) is 11.7 Å². The van der Waals surface area contributed by atoms with Crippen molar-refractivity contribution in [2.45, 2.75) is 31.8 Å². The van der Waals surface area contributed by atoms with Crippen LogP contribution in [0.5, 0.6) is 0 Å². The molecule has 0 aliphatic carbocycles. The first-order valence-electron chi connectivity index (χ1n) is 8.45. The van der Waals surface area contributed by atoms with Gasteiger partial charge in [0.25, 0.3) is 0 Å². The monoisotopic (exact) mass is 328 g/mol. The van der Waals surface area contributed by atoms with Crippen LogP contribution in [0.15, 0.2) is 36.7 Å². The first-order chi connectivity index (χ1) is 11.6. The second kappa shape index (κ2) is 6.02. The first-order valence-corrected chi connectivity index (χ1v) is 8.45. The zero-order valence-electron chi connectivity index (χ0n) is 13.7. The Bertz CT molecular complexity index is 759. The molecule has 1 amide bonds. The molecule has 1 N–H and O–H groups in total. The SMILES string of the molecule is CC1CC2CCN1C[C@@H]2NC(=O)n1cc(-c2cccc(F)c2)cn1. The number of nitrogens with one attached hydrogen (secondary N) is 1. The Kier molecular flexibility index (Phi) is 3.84. The van der Waals surface area contributed by atoms with E-state index in [9.17, 15) is 9.18 Å². The van der Waals surface area contributed by atoms with E-state index in [2.05, 4.69) is 22.2 Å². The van der Waals surface area contributed by atoms with Crippen molar-refractivity contribution in [2.75, 3.05) is 13.1 Å². The Balaban J connectivity index is 1.46. The van der Waals surface area contributed by atoms with Gasteiger partial charge in [0.1, 0.15) is 5.82 Å². The van der Waals surface area contributed by atoms with Gasteiger partial charge >= 0.3 is 6.03 Å². The van der Waals surface area contributed by atoms with Gasteiger partial charge in [-0.1, -0.05) is 12.1 Å². The van der Waals surface area contributed by atoms with E-state index in [0.717, 1.165) is 31.5 Å².